The minimum absolute atomic E-state index is 0.00919. The quantitative estimate of drug-likeness (QED) is 0.747. The summed E-state index contributed by atoms with van der Waals surface area (Å²) < 4.78 is 0. The van der Waals surface area contributed by atoms with Crippen molar-refractivity contribution in [2.24, 2.45) is 0 Å². The number of nitrogen functional groups attached to an aromatic ring is 1. The maximum absolute atomic E-state index is 12.1. The van der Waals surface area contributed by atoms with Gasteiger partial charge in [0.2, 0.25) is 17.0 Å². The van der Waals surface area contributed by atoms with Gasteiger partial charge in [0.05, 0.1) is 11.8 Å². The van der Waals surface area contributed by atoms with Crippen molar-refractivity contribution < 1.29 is 4.79 Å². The Labute approximate surface area is 126 Å². The summed E-state index contributed by atoms with van der Waals surface area (Å²) in [5.74, 6) is 0.542. The topological polar surface area (TPSA) is 96.7 Å². The van der Waals surface area contributed by atoms with E-state index in [0.29, 0.717) is 5.16 Å². The highest BCUT2D eigenvalue weighted by Crippen LogP contribution is 2.29. The molecule has 21 heavy (non-hydrogen) atoms. The fourth-order valence-corrected chi connectivity index (χ4v) is 3.21. The van der Waals surface area contributed by atoms with E-state index in [4.69, 9.17) is 5.73 Å². The van der Waals surface area contributed by atoms with E-state index in [-0.39, 0.29) is 23.7 Å². The second kappa shape index (κ2) is 6.17. The maximum atomic E-state index is 12.1. The molecule has 1 aromatic carbocycles. The van der Waals surface area contributed by atoms with Gasteiger partial charge in [0.1, 0.15) is 0 Å². The molecule has 6 nitrogen and oxygen atoms in total. The summed E-state index contributed by atoms with van der Waals surface area (Å²) >= 11 is 1.27. The molecule has 1 heterocycles. The third-order valence-electron chi connectivity index (χ3n) is 3.52. The molecule has 0 bridgehead atoms. The number of rotatable bonds is 4. The Bertz CT molecular complexity index is 642. The number of nitrogens with two attached hydrogens (primary N) is 1. The van der Waals surface area contributed by atoms with E-state index >= 15 is 0 Å². The number of aromatic nitrogens is 3. The molecule has 1 atom stereocenters. The highest BCUT2D eigenvalue weighted by Gasteiger charge is 2.21. The van der Waals surface area contributed by atoms with Crippen LogP contribution >= 0.6 is 11.8 Å². The van der Waals surface area contributed by atoms with Crippen molar-refractivity contribution in [1.29, 1.82) is 0 Å². The zero-order valence-corrected chi connectivity index (χ0v) is 12.3. The zero-order chi connectivity index (χ0) is 14.7. The lowest BCUT2D eigenvalue weighted by Crippen LogP contribution is -2.32. The van der Waals surface area contributed by atoms with Crippen LogP contribution in [0.4, 0.5) is 5.95 Å². The summed E-state index contributed by atoms with van der Waals surface area (Å²) in [5.41, 5.74) is 8.02. The minimum atomic E-state index is -0.00919. The fraction of sp³-hybridized carbons (Fsp3) is 0.357. The third-order valence-corrected chi connectivity index (χ3v) is 4.37. The van der Waals surface area contributed by atoms with Crippen LogP contribution in [-0.2, 0) is 11.2 Å². The van der Waals surface area contributed by atoms with Crippen molar-refractivity contribution in [3.05, 3.63) is 35.4 Å². The van der Waals surface area contributed by atoms with Crippen LogP contribution < -0.4 is 11.1 Å². The Morgan fingerprint density at radius 2 is 2.33 bits per heavy atom. The van der Waals surface area contributed by atoms with Crippen LogP contribution in [0.3, 0.4) is 0 Å². The van der Waals surface area contributed by atoms with E-state index in [1.807, 2.05) is 12.1 Å². The van der Waals surface area contributed by atoms with Gasteiger partial charge in [-0.05, 0) is 30.4 Å². The predicted octanol–water partition coefficient (Wildman–Crippen LogP) is 1.67. The molecule has 0 fully saturated rings. The monoisotopic (exact) mass is 303 g/mol. The van der Waals surface area contributed by atoms with Gasteiger partial charge in [0, 0.05) is 0 Å². The van der Waals surface area contributed by atoms with Gasteiger partial charge in [-0.2, -0.15) is 4.98 Å². The van der Waals surface area contributed by atoms with Gasteiger partial charge in [-0.15, -0.1) is 5.10 Å². The van der Waals surface area contributed by atoms with Crippen molar-refractivity contribution in [1.82, 2.24) is 20.5 Å². The van der Waals surface area contributed by atoms with Gasteiger partial charge in [-0.3, -0.25) is 4.79 Å². The van der Waals surface area contributed by atoms with Crippen LogP contribution in [0.5, 0.6) is 0 Å². The summed E-state index contributed by atoms with van der Waals surface area (Å²) in [6, 6.07) is 8.42. The number of aryl methyl sites for hydroxylation is 1. The number of hydrogen-bond donors (Lipinski definition) is 3. The number of carbonyl (C=O) groups excluding carboxylic acids is 1. The molecule has 1 aliphatic carbocycles. The summed E-state index contributed by atoms with van der Waals surface area (Å²) in [6.45, 7) is 0. The molecule has 7 heteroatoms. The molecule has 2 aromatic rings. The van der Waals surface area contributed by atoms with E-state index in [2.05, 4.69) is 32.6 Å². The molecule has 0 radical (unpaired) electrons. The van der Waals surface area contributed by atoms with Crippen LogP contribution in [0.15, 0.2) is 29.4 Å². The van der Waals surface area contributed by atoms with E-state index in [9.17, 15) is 4.79 Å². The highest BCUT2D eigenvalue weighted by atomic mass is 32.2. The molecule has 3 rings (SSSR count). The van der Waals surface area contributed by atoms with E-state index in [1.165, 1.54) is 22.9 Å². The fourth-order valence-electron chi connectivity index (χ4n) is 2.59. The number of carbonyl (C=O) groups is 1. The van der Waals surface area contributed by atoms with Crippen molar-refractivity contribution in [2.75, 3.05) is 11.5 Å². The first-order valence-corrected chi connectivity index (χ1v) is 7.89. The van der Waals surface area contributed by atoms with Crippen molar-refractivity contribution in [2.45, 2.75) is 30.5 Å². The first-order chi connectivity index (χ1) is 10.2. The molecule has 1 aliphatic rings. The Kier molecular flexibility index (Phi) is 4.10. The van der Waals surface area contributed by atoms with Crippen molar-refractivity contribution in [3.8, 4) is 0 Å². The lowest BCUT2D eigenvalue weighted by molar-refractivity contribution is -0.119. The number of hydrogen-bond acceptors (Lipinski definition) is 5. The van der Waals surface area contributed by atoms with Crippen molar-refractivity contribution >= 4 is 23.6 Å². The van der Waals surface area contributed by atoms with E-state index in [1.54, 1.807) is 0 Å². The molecular weight excluding hydrogens is 286 g/mol. The lowest BCUT2D eigenvalue weighted by Gasteiger charge is -2.26. The van der Waals surface area contributed by atoms with Crippen LogP contribution in [-0.4, -0.2) is 26.8 Å². The normalized spacial score (nSPS) is 17.2. The van der Waals surface area contributed by atoms with Gasteiger partial charge in [-0.1, -0.05) is 36.0 Å². The van der Waals surface area contributed by atoms with Crippen molar-refractivity contribution in [3.63, 3.8) is 0 Å². The molecule has 4 N–H and O–H groups in total. The Hall–Kier alpha value is -2.02. The average molecular weight is 303 g/mol. The molecule has 0 saturated carbocycles. The maximum Gasteiger partial charge on any atom is 0.230 e. The van der Waals surface area contributed by atoms with Crippen LogP contribution in [0, 0.1) is 0 Å². The van der Waals surface area contributed by atoms with Crippen LogP contribution in [0.2, 0.25) is 0 Å². The Balaban J connectivity index is 1.58. The summed E-state index contributed by atoms with van der Waals surface area (Å²) in [5, 5.41) is 10.0. The van der Waals surface area contributed by atoms with Crippen LogP contribution in [0.25, 0.3) is 0 Å². The zero-order valence-electron chi connectivity index (χ0n) is 11.5. The number of aromatic amines is 1. The summed E-state index contributed by atoms with van der Waals surface area (Å²) in [4.78, 5) is 16.0. The van der Waals surface area contributed by atoms with Crippen LogP contribution in [0.1, 0.15) is 30.0 Å². The number of nitrogens with zero attached hydrogens (tertiary/aromatic N) is 2. The number of amides is 1. The number of fused-ring (bicyclic) bond motifs is 1. The van der Waals surface area contributed by atoms with Gasteiger partial charge < -0.3 is 11.1 Å². The largest absolute Gasteiger partial charge is 0.368 e. The molecule has 0 spiro atoms. The number of H-pyrrole nitrogens is 1. The summed E-state index contributed by atoms with van der Waals surface area (Å²) in [7, 11) is 0. The van der Waals surface area contributed by atoms with Gasteiger partial charge in [-0.25, -0.2) is 5.10 Å². The molecule has 0 saturated heterocycles. The first kappa shape index (κ1) is 13.9. The predicted molar refractivity (Wildman–Crippen MR) is 81.8 cm³/mol. The Morgan fingerprint density at radius 3 is 3.14 bits per heavy atom. The smallest absolute Gasteiger partial charge is 0.230 e. The van der Waals surface area contributed by atoms with Gasteiger partial charge in [0.15, 0.2) is 0 Å². The number of nitrogens with one attached hydrogen (secondary N) is 2. The second-order valence-corrected chi connectivity index (χ2v) is 5.95. The minimum Gasteiger partial charge on any atom is -0.368 e. The molecule has 0 unspecified atom stereocenters. The van der Waals surface area contributed by atoms with Gasteiger partial charge >= 0.3 is 0 Å². The SMILES string of the molecule is Nc1nc(SCC(=O)N[C@@H]2CCCc3ccccc32)n[nH]1. The van der Waals surface area contributed by atoms with E-state index in [0.717, 1.165) is 19.3 Å². The third kappa shape index (κ3) is 3.36. The molecular formula is C14H17N5OS. The Morgan fingerprint density at radius 1 is 1.48 bits per heavy atom. The molecule has 110 valence electrons. The van der Waals surface area contributed by atoms with E-state index < -0.39 is 0 Å². The number of thioether (sulfide) groups is 1. The highest BCUT2D eigenvalue weighted by molar-refractivity contribution is 7.99. The molecule has 0 aliphatic heterocycles. The average Bonchev–Trinajstić information content (AvgIpc) is 2.91. The number of anilines is 1. The molecule has 1 aromatic heterocycles. The number of benzene rings is 1. The summed E-state index contributed by atoms with van der Waals surface area (Å²) in [6.07, 6.45) is 3.18. The second-order valence-electron chi connectivity index (χ2n) is 5.00. The lowest BCUT2D eigenvalue weighted by atomic mass is 9.88. The standard InChI is InChI=1S/C14H17N5OS/c15-13-17-14(19-18-13)21-8-12(20)16-11-7-3-5-9-4-1-2-6-10(9)11/h1-2,4,6,11H,3,5,7-8H2,(H,16,20)(H3,15,17,18,19)/t11-/m1/s1. The molecule has 1 amide bonds. The first-order valence-electron chi connectivity index (χ1n) is 6.90. The van der Waals surface area contributed by atoms with Gasteiger partial charge in [0.25, 0.3) is 0 Å².